The number of carbonyl (C=O) groups is 2. The Hall–Kier alpha value is -2.10. The van der Waals surface area contributed by atoms with E-state index < -0.39 is 0 Å². The Balaban J connectivity index is 1.37. The highest BCUT2D eigenvalue weighted by atomic mass is 16.2. The first-order valence-corrected chi connectivity index (χ1v) is 8.54. The molecule has 0 bridgehead atoms. The van der Waals surface area contributed by atoms with Crippen LogP contribution in [0.25, 0.3) is 0 Å². The molecule has 1 aliphatic carbocycles. The van der Waals surface area contributed by atoms with Gasteiger partial charge in [0.1, 0.15) is 0 Å². The number of anilines is 1. The molecule has 1 aliphatic heterocycles. The number of fused-ring (bicyclic) bond motifs is 1. The van der Waals surface area contributed by atoms with Crippen LogP contribution in [-0.2, 0) is 22.4 Å². The number of hydrogen-bond donors (Lipinski definition) is 2. The fraction of sp³-hybridized carbons (Fsp3) is 0.474. The van der Waals surface area contributed by atoms with E-state index >= 15 is 0 Å². The molecule has 0 spiro atoms. The smallest absolute Gasteiger partial charge is 0.228 e. The van der Waals surface area contributed by atoms with Crippen LogP contribution in [0.3, 0.4) is 0 Å². The predicted molar refractivity (Wildman–Crippen MR) is 91.2 cm³/mol. The van der Waals surface area contributed by atoms with E-state index in [-0.39, 0.29) is 11.8 Å². The molecule has 122 valence electrons. The maximum absolute atomic E-state index is 11.9. The molecule has 0 saturated heterocycles. The highest BCUT2D eigenvalue weighted by Crippen LogP contribution is 2.24. The number of hydrogen-bond acceptors (Lipinski definition) is 2. The Morgan fingerprint density at radius 2 is 2.22 bits per heavy atom. The molecule has 1 aromatic carbocycles. The third-order valence-corrected chi connectivity index (χ3v) is 4.63. The van der Waals surface area contributed by atoms with Crippen LogP contribution in [0, 0.1) is 5.92 Å². The van der Waals surface area contributed by atoms with Crippen molar-refractivity contribution < 1.29 is 9.59 Å². The summed E-state index contributed by atoms with van der Waals surface area (Å²) in [4.78, 5) is 23.3. The molecule has 0 radical (unpaired) electrons. The van der Waals surface area contributed by atoms with Crippen LogP contribution in [0.5, 0.6) is 0 Å². The molecule has 3 rings (SSSR count). The number of rotatable bonds is 6. The van der Waals surface area contributed by atoms with Crippen molar-refractivity contribution in [3.63, 3.8) is 0 Å². The highest BCUT2D eigenvalue weighted by Gasteiger charge is 2.17. The lowest BCUT2D eigenvalue weighted by Crippen LogP contribution is -2.29. The summed E-state index contributed by atoms with van der Waals surface area (Å²) in [5.41, 5.74) is 3.20. The van der Waals surface area contributed by atoms with Crippen LogP contribution >= 0.6 is 0 Å². The summed E-state index contributed by atoms with van der Waals surface area (Å²) in [6, 6.07) is 6.09. The second-order valence-corrected chi connectivity index (χ2v) is 6.52. The third-order valence-electron chi connectivity index (χ3n) is 4.63. The van der Waals surface area contributed by atoms with Crippen molar-refractivity contribution in [3.05, 3.63) is 41.5 Å². The maximum Gasteiger partial charge on any atom is 0.228 e. The second-order valence-electron chi connectivity index (χ2n) is 6.52. The molecular formula is C19H24N2O2. The number of benzene rings is 1. The summed E-state index contributed by atoms with van der Waals surface area (Å²) >= 11 is 0. The Labute approximate surface area is 137 Å². The molecule has 2 amide bonds. The lowest BCUT2D eigenvalue weighted by molar-refractivity contribution is -0.121. The predicted octanol–water partition coefficient (Wildman–Crippen LogP) is 2.98. The summed E-state index contributed by atoms with van der Waals surface area (Å²) in [7, 11) is 0. The van der Waals surface area contributed by atoms with Crippen LogP contribution in [0.15, 0.2) is 30.4 Å². The van der Waals surface area contributed by atoms with Crippen molar-refractivity contribution in [3.8, 4) is 0 Å². The largest absolute Gasteiger partial charge is 0.356 e. The van der Waals surface area contributed by atoms with Gasteiger partial charge in [-0.05, 0) is 55.2 Å². The number of amides is 2. The quantitative estimate of drug-likeness (QED) is 0.793. The summed E-state index contributed by atoms with van der Waals surface area (Å²) in [6.45, 7) is 0.801. The van der Waals surface area contributed by atoms with Gasteiger partial charge in [-0.25, -0.2) is 0 Å². The van der Waals surface area contributed by atoms with Gasteiger partial charge in [0, 0.05) is 18.7 Å². The van der Waals surface area contributed by atoms with E-state index in [9.17, 15) is 9.59 Å². The van der Waals surface area contributed by atoms with Crippen LogP contribution < -0.4 is 10.6 Å². The number of carbonyl (C=O) groups excluding carboxylic acids is 2. The first kappa shape index (κ1) is 15.8. The molecule has 0 saturated carbocycles. The lowest BCUT2D eigenvalue weighted by Gasteiger charge is -2.18. The summed E-state index contributed by atoms with van der Waals surface area (Å²) in [6.07, 6.45) is 10.6. The van der Waals surface area contributed by atoms with Crippen molar-refractivity contribution in [2.75, 3.05) is 11.9 Å². The monoisotopic (exact) mass is 312 g/mol. The summed E-state index contributed by atoms with van der Waals surface area (Å²) in [5, 5.41) is 5.90. The van der Waals surface area contributed by atoms with Crippen molar-refractivity contribution in [2.24, 2.45) is 5.92 Å². The van der Waals surface area contributed by atoms with Crippen LogP contribution in [-0.4, -0.2) is 18.4 Å². The zero-order valence-corrected chi connectivity index (χ0v) is 13.4. The van der Waals surface area contributed by atoms with E-state index in [1.165, 1.54) is 12.0 Å². The van der Waals surface area contributed by atoms with Gasteiger partial charge in [0.2, 0.25) is 11.8 Å². The van der Waals surface area contributed by atoms with Gasteiger partial charge in [-0.2, -0.15) is 0 Å². The van der Waals surface area contributed by atoms with E-state index in [2.05, 4.69) is 28.9 Å². The van der Waals surface area contributed by atoms with Crippen molar-refractivity contribution in [1.82, 2.24) is 5.32 Å². The Kier molecular flexibility index (Phi) is 5.11. The van der Waals surface area contributed by atoms with E-state index in [1.807, 2.05) is 12.1 Å². The summed E-state index contributed by atoms with van der Waals surface area (Å²) < 4.78 is 0. The van der Waals surface area contributed by atoms with Gasteiger partial charge < -0.3 is 10.6 Å². The maximum atomic E-state index is 11.9. The first-order valence-electron chi connectivity index (χ1n) is 8.54. The molecule has 2 N–H and O–H groups in total. The number of allylic oxidation sites excluding steroid dienone is 2. The molecule has 1 atom stereocenters. The molecule has 1 heterocycles. The van der Waals surface area contributed by atoms with Gasteiger partial charge in [-0.15, -0.1) is 0 Å². The average molecular weight is 312 g/mol. The SMILES string of the molecule is O=C(CCCc1ccc2c(c1)CC(=O)N2)NC[C@@H]1CC=CCC1. The fourth-order valence-corrected chi connectivity index (χ4v) is 3.28. The molecule has 1 aromatic rings. The normalized spacial score (nSPS) is 19.3. The van der Waals surface area contributed by atoms with E-state index in [1.54, 1.807) is 0 Å². The van der Waals surface area contributed by atoms with Crippen LogP contribution in [0.1, 0.15) is 43.2 Å². The summed E-state index contributed by atoms with van der Waals surface area (Å²) in [5.74, 6) is 0.817. The minimum Gasteiger partial charge on any atom is -0.356 e. The molecule has 0 unspecified atom stereocenters. The standard InChI is InChI=1S/C19H24N2O2/c22-18(20-13-15-5-2-1-3-6-15)8-4-7-14-9-10-17-16(11-14)12-19(23)21-17/h1-2,9-11,15H,3-8,12-13H2,(H,20,22)(H,21,23)/t15-/m1/s1. The van der Waals surface area contributed by atoms with Crippen molar-refractivity contribution in [2.45, 2.75) is 44.9 Å². The van der Waals surface area contributed by atoms with Crippen LogP contribution in [0.4, 0.5) is 5.69 Å². The highest BCUT2D eigenvalue weighted by molar-refractivity contribution is 5.99. The molecule has 0 fully saturated rings. The molecule has 4 nitrogen and oxygen atoms in total. The average Bonchev–Trinajstić information content (AvgIpc) is 2.93. The molecule has 0 aromatic heterocycles. The van der Waals surface area contributed by atoms with Crippen molar-refractivity contribution in [1.29, 1.82) is 0 Å². The zero-order valence-electron chi connectivity index (χ0n) is 13.4. The lowest BCUT2D eigenvalue weighted by atomic mass is 9.94. The van der Waals surface area contributed by atoms with Gasteiger partial charge in [0.25, 0.3) is 0 Å². The minimum atomic E-state index is 0.0640. The van der Waals surface area contributed by atoms with E-state index in [0.717, 1.165) is 43.5 Å². The fourth-order valence-electron chi connectivity index (χ4n) is 3.28. The second kappa shape index (κ2) is 7.44. The van der Waals surface area contributed by atoms with Gasteiger partial charge in [-0.1, -0.05) is 24.3 Å². The topological polar surface area (TPSA) is 58.2 Å². The van der Waals surface area contributed by atoms with E-state index in [0.29, 0.717) is 18.8 Å². The van der Waals surface area contributed by atoms with Gasteiger partial charge >= 0.3 is 0 Å². The van der Waals surface area contributed by atoms with E-state index in [4.69, 9.17) is 0 Å². The Morgan fingerprint density at radius 3 is 3.04 bits per heavy atom. The molecule has 2 aliphatic rings. The first-order chi connectivity index (χ1) is 11.2. The third kappa shape index (κ3) is 4.44. The van der Waals surface area contributed by atoms with Crippen LogP contribution in [0.2, 0.25) is 0 Å². The molecular weight excluding hydrogens is 288 g/mol. The number of aryl methyl sites for hydroxylation is 1. The van der Waals surface area contributed by atoms with Gasteiger partial charge in [-0.3, -0.25) is 9.59 Å². The Bertz CT molecular complexity index is 622. The van der Waals surface area contributed by atoms with Gasteiger partial charge in [0.15, 0.2) is 0 Å². The molecule has 4 heteroatoms. The minimum absolute atomic E-state index is 0.0640. The Morgan fingerprint density at radius 1 is 1.30 bits per heavy atom. The zero-order chi connectivity index (χ0) is 16.1. The number of nitrogens with one attached hydrogen (secondary N) is 2. The molecule has 23 heavy (non-hydrogen) atoms. The van der Waals surface area contributed by atoms with Crippen molar-refractivity contribution >= 4 is 17.5 Å². The van der Waals surface area contributed by atoms with Gasteiger partial charge in [0.05, 0.1) is 6.42 Å².